The number of carboxylic acid groups (broad SMARTS) is 1. The van der Waals surface area contributed by atoms with Crippen LogP contribution in [0.5, 0.6) is 0 Å². The summed E-state index contributed by atoms with van der Waals surface area (Å²) < 4.78 is 0. The largest absolute Gasteiger partial charge is 0.481 e. The summed E-state index contributed by atoms with van der Waals surface area (Å²) in [7, 11) is 0. The van der Waals surface area contributed by atoms with Crippen LogP contribution in [0.2, 0.25) is 0 Å². The smallest absolute Gasteiger partial charge is 0.315 e. The van der Waals surface area contributed by atoms with Crippen molar-refractivity contribution in [3.63, 3.8) is 0 Å². The van der Waals surface area contributed by atoms with E-state index in [9.17, 15) is 9.59 Å². The van der Waals surface area contributed by atoms with Gasteiger partial charge in [-0.1, -0.05) is 37.6 Å². The van der Waals surface area contributed by atoms with Gasteiger partial charge in [0, 0.05) is 19.5 Å². The van der Waals surface area contributed by atoms with E-state index < -0.39 is 5.97 Å². The molecule has 5 heteroatoms. The fourth-order valence-electron chi connectivity index (χ4n) is 2.09. The molecule has 0 unspecified atom stereocenters. The van der Waals surface area contributed by atoms with Crippen LogP contribution in [-0.2, 0) is 17.8 Å². The van der Waals surface area contributed by atoms with E-state index in [1.807, 2.05) is 18.2 Å². The number of hydrogen-bond acceptors (Lipinski definition) is 2. The number of benzene rings is 1. The Kier molecular flexibility index (Phi) is 7.94. The van der Waals surface area contributed by atoms with Crippen molar-refractivity contribution in [1.29, 1.82) is 0 Å². The zero-order valence-corrected chi connectivity index (χ0v) is 12.5. The van der Waals surface area contributed by atoms with Crippen molar-refractivity contribution in [2.75, 3.05) is 6.54 Å². The minimum Gasteiger partial charge on any atom is -0.481 e. The molecule has 1 rings (SSSR count). The van der Waals surface area contributed by atoms with Gasteiger partial charge in [-0.25, -0.2) is 4.79 Å². The van der Waals surface area contributed by atoms with Gasteiger partial charge in [-0.15, -0.1) is 0 Å². The Morgan fingerprint density at radius 2 is 1.76 bits per heavy atom. The lowest BCUT2D eigenvalue weighted by Gasteiger charge is -2.10. The molecule has 0 saturated heterocycles. The predicted molar refractivity (Wildman–Crippen MR) is 82.2 cm³/mol. The molecular formula is C16H24N2O3. The molecule has 0 aliphatic rings. The molecule has 0 radical (unpaired) electrons. The van der Waals surface area contributed by atoms with Crippen molar-refractivity contribution < 1.29 is 14.7 Å². The first kappa shape index (κ1) is 17.0. The first-order chi connectivity index (χ1) is 10.1. The SMILES string of the molecule is CCc1ccccc1CNC(=O)NCCCCCC(=O)O. The number of nitrogens with one attached hydrogen (secondary N) is 2. The molecule has 0 heterocycles. The Morgan fingerprint density at radius 3 is 2.43 bits per heavy atom. The highest BCUT2D eigenvalue weighted by molar-refractivity contribution is 5.73. The van der Waals surface area contributed by atoms with Gasteiger partial charge in [0.05, 0.1) is 0 Å². The van der Waals surface area contributed by atoms with Crippen molar-refractivity contribution in [1.82, 2.24) is 10.6 Å². The minimum atomic E-state index is -0.768. The second kappa shape index (κ2) is 9.80. The lowest BCUT2D eigenvalue weighted by molar-refractivity contribution is -0.137. The highest BCUT2D eigenvalue weighted by atomic mass is 16.4. The van der Waals surface area contributed by atoms with E-state index in [0.29, 0.717) is 19.5 Å². The van der Waals surface area contributed by atoms with Crippen LogP contribution in [0.25, 0.3) is 0 Å². The third-order valence-corrected chi connectivity index (χ3v) is 3.29. The monoisotopic (exact) mass is 292 g/mol. The van der Waals surface area contributed by atoms with Gasteiger partial charge in [0.15, 0.2) is 0 Å². The van der Waals surface area contributed by atoms with Crippen molar-refractivity contribution in [3.8, 4) is 0 Å². The van der Waals surface area contributed by atoms with E-state index in [-0.39, 0.29) is 12.5 Å². The van der Waals surface area contributed by atoms with E-state index in [2.05, 4.69) is 23.6 Å². The van der Waals surface area contributed by atoms with Crippen LogP contribution in [0.3, 0.4) is 0 Å². The second-order valence-electron chi connectivity index (χ2n) is 4.94. The number of unbranched alkanes of at least 4 members (excludes halogenated alkanes) is 2. The molecule has 0 aliphatic heterocycles. The summed E-state index contributed by atoms with van der Waals surface area (Å²) in [5, 5.41) is 14.1. The molecule has 0 aromatic heterocycles. The number of carboxylic acids is 1. The minimum absolute atomic E-state index is 0.181. The number of carbonyl (C=O) groups is 2. The van der Waals surface area contributed by atoms with Crippen molar-refractivity contribution in [2.45, 2.75) is 45.6 Å². The van der Waals surface area contributed by atoms with Gasteiger partial charge in [-0.05, 0) is 30.4 Å². The predicted octanol–water partition coefficient (Wildman–Crippen LogP) is 2.69. The lowest BCUT2D eigenvalue weighted by atomic mass is 10.1. The van der Waals surface area contributed by atoms with Gasteiger partial charge in [0.1, 0.15) is 0 Å². The molecule has 3 N–H and O–H groups in total. The summed E-state index contributed by atoms with van der Waals surface area (Å²) in [5.74, 6) is -0.768. The van der Waals surface area contributed by atoms with Crippen molar-refractivity contribution >= 4 is 12.0 Å². The average molecular weight is 292 g/mol. The zero-order chi connectivity index (χ0) is 15.5. The number of carbonyl (C=O) groups excluding carboxylic acids is 1. The van der Waals surface area contributed by atoms with Crippen LogP contribution in [0, 0.1) is 0 Å². The number of hydrogen-bond donors (Lipinski definition) is 3. The standard InChI is InChI=1S/C16H24N2O3/c1-2-13-8-5-6-9-14(13)12-18-16(21)17-11-7-3-4-10-15(19)20/h5-6,8-9H,2-4,7,10-12H2,1H3,(H,19,20)(H2,17,18,21). The normalized spacial score (nSPS) is 10.1. The molecule has 0 bridgehead atoms. The van der Waals surface area contributed by atoms with Crippen LogP contribution < -0.4 is 10.6 Å². The first-order valence-corrected chi connectivity index (χ1v) is 7.43. The van der Waals surface area contributed by atoms with Gasteiger partial charge in [-0.3, -0.25) is 4.79 Å². The number of urea groups is 1. The number of rotatable bonds is 9. The van der Waals surface area contributed by atoms with E-state index in [1.165, 1.54) is 5.56 Å². The molecule has 21 heavy (non-hydrogen) atoms. The van der Waals surface area contributed by atoms with Crippen molar-refractivity contribution in [2.24, 2.45) is 0 Å². The molecule has 1 aromatic carbocycles. The molecule has 0 saturated carbocycles. The third kappa shape index (κ3) is 7.34. The maximum atomic E-state index is 11.6. The van der Waals surface area contributed by atoms with Gasteiger partial charge in [0.25, 0.3) is 0 Å². The summed E-state index contributed by atoms with van der Waals surface area (Å²) in [4.78, 5) is 22.0. The molecule has 0 aliphatic carbocycles. The molecule has 0 fully saturated rings. The fraction of sp³-hybridized carbons (Fsp3) is 0.500. The third-order valence-electron chi connectivity index (χ3n) is 3.29. The van der Waals surface area contributed by atoms with E-state index >= 15 is 0 Å². The van der Waals surface area contributed by atoms with Crippen LogP contribution in [0.15, 0.2) is 24.3 Å². The van der Waals surface area contributed by atoms with Crippen LogP contribution in [0.1, 0.15) is 43.7 Å². The highest BCUT2D eigenvalue weighted by Crippen LogP contribution is 2.08. The summed E-state index contributed by atoms with van der Waals surface area (Å²) in [6.45, 7) is 3.19. The number of amides is 2. The molecule has 116 valence electrons. The molecular weight excluding hydrogens is 268 g/mol. The first-order valence-electron chi connectivity index (χ1n) is 7.43. The summed E-state index contributed by atoms with van der Waals surface area (Å²) >= 11 is 0. The van der Waals surface area contributed by atoms with Gasteiger partial charge in [0.2, 0.25) is 0 Å². The quantitative estimate of drug-likeness (QED) is 0.612. The van der Waals surface area contributed by atoms with Gasteiger partial charge >= 0.3 is 12.0 Å². The maximum absolute atomic E-state index is 11.6. The Bertz CT molecular complexity index is 461. The van der Waals surface area contributed by atoms with Gasteiger partial charge in [-0.2, -0.15) is 0 Å². The molecule has 0 atom stereocenters. The molecule has 2 amide bonds. The Labute approximate surface area is 125 Å². The number of aliphatic carboxylic acids is 1. The van der Waals surface area contributed by atoms with Crippen LogP contribution >= 0.6 is 0 Å². The summed E-state index contributed by atoms with van der Waals surface area (Å²) in [6.07, 6.45) is 3.41. The Hall–Kier alpha value is -2.04. The van der Waals surface area contributed by atoms with Gasteiger partial charge < -0.3 is 15.7 Å². The zero-order valence-electron chi connectivity index (χ0n) is 12.5. The summed E-state index contributed by atoms with van der Waals surface area (Å²) in [5.41, 5.74) is 2.38. The molecule has 1 aromatic rings. The molecule has 0 spiro atoms. The average Bonchev–Trinajstić information content (AvgIpc) is 2.48. The van der Waals surface area contributed by atoms with Crippen LogP contribution in [0.4, 0.5) is 4.79 Å². The summed E-state index contributed by atoms with van der Waals surface area (Å²) in [6, 6.07) is 7.87. The Morgan fingerprint density at radius 1 is 1.05 bits per heavy atom. The van der Waals surface area contributed by atoms with E-state index in [0.717, 1.165) is 24.8 Å². The highest BCUT2D eigenvalue weighted by Gasteiger charge is 2.03. The molecule has 5 nitrogen and oxygen atoms in total. The lowest BCUT2D eigenvalue weighted by Crippen LogP contribution is -2.35. The second-order valence-corrected chi connectivity index (χ2v) is 4.94. The van der Waals surface area contributed by atoms with E-state index in [4.69, 9.17) is 5.11 Å². The maximum Gasteiger partial charge on any atom is 0.315 e. The Balaban J connectivity index is 2.15. The van der Waals surface area contributed by atoms with Crippen molar-refractivity contribution in [3.05, 3.63) is 35.4 Å². The topological polar surface area (TPSA) is 78.4 Å². The number of aryl methyl sites for hydroxylation is 1. The fourth-order valence-corrected chi connectivity index (χ4v) is 2.09. The van der Waals surface area contributed by atoms with E-state index in [1.54, 1.807) is 0 Å². The van der Waals surface area contributed by atoms with Crippen LogP contribution in [-0.4, -0.2) is 23.7 Å².